The lowest BCUT2D eigenvalue weighted by atomic mass is 10.1. The first-order chi connectivity index (χ1) is 9.65. The monoisotopic (exact) mass is 311 g/mol. The van der Waals surface area contributed by atoms with Gasteiger partial charge in [-0.2, -0.15) is 0 Å². The Bertz CT molecular complexity index is 552. The number of carbonyl (C=O) groups is 1. The molecular weight excluding hydrogens is 294 g/mol. The van der Waals surface area contributed by atoms with Gasteiger partial charge in [0.2, 0.25) is 0 Å². The van der Waals surface area contributed by atoms with Gasteiger partial charge in [0.15, 0.2) is 0 Å². The van der Waals surface area contributed by atoms with Crippen molar-refractivity contribution in [3.8, 4) is 0 Å². The maximum atomic E-state index is 12.5. The molecule has 2 aliphatic rings. The highest BCUT2D eigenvalue weighted by Crippen LogP contribution is 2.24. The van der Waals surface area contributed by atoms with Crippen molar-refractivity contribution in [2.45, 2.75) is 31.3 Å². The normalized spacial score (nSPS) is 24.1. The first kappa shape index (κ1) is 15.7. The van der Waals surface area contributed by atoms with Crippen molar-refractivity contribution in [1.29, 1.82) is 0 Å². The zero-order valence-electron chi connectivity index (χ0n) is 11.5. The van der Waals surface area contributed by atoms with Gasteiger partial charge in [-0.05, 0) is 25.3 Å². The molecule has 2 fully saturated rings. The number of carbonyl (C=O) groups excluding carboxylic acids is 1. The smallest absolute Gasteiger partial charge is 0.282 e. The minimum absolute atomic E-state index is 0. The zero-order valence-corrected chi connectivity index (χ0v) is 12.3. The van der Waals surface area contributed by atoms with E-state index in [0.717, 1.165) is 19.3 Å². The number of rotatable bonds is 2. The Hall–Kier alpha value is -1.66. The molecule has 0 aromatic heterocycles. The predicted octanol–water partition coefficient (Wildman–Crippen LogP) is 1.98. The first-order valence-corrected chi connectivity index (χ1v) is 6.94. The van der Waals surface area contributed by atoms with Crippen LogP contribution in [0.3, 0.4) is 0 Å². The Morgan fingerprint density at radius 2 is 1.95 bits per heavy atom. The first-order valence-electron chi connectivity index (χ1n) is 6.94. The summed E-state index contributed by atoms with van der Waals surface area (Å²) >= 11 is 0. The molecule has 1 aromatic carbocycles. The number of hydrogen-bond acceptors (Lipinski definition) is 4. The topological polar surface area (TPSA) is 75.5 Å². The number of nitrogens with zero attached hydrogens (tertiary/aromatic N) is 2. The zero-order chi connectivity index (χ0) is 14.1. The van der Waals surface area contributed by atoms with Crippen LogP contribution in [0.5, 0.6) is 0 Å². The van der Waals surface area contributed by atoms with Gasteiger partial charge in [-0.3, -0.25) is 14.9 Å². The molecule has 2 unspecified atom stereocenters. The minimum atomic E-state index is -0.491. The lowest BCUT2D eigenvalue weighted by molar-refractivity contribution is -0.385. The molecule has 2 heterocycles. The largest absolute Gasteiger partial charge is 0.337 e. The molecule has 2 atom stereocenters. The summed E-state index contributed by atoms with van der Waals surface area (Å²) in [5.74, 6) is -0.230. The van der Waals surface area contributed by atoms with Crippen LogP contribution in [0.15, 0.2) is 24.3 Å². The van der Waals surface area contributed by atoms with Crippen molar-refractivity contribution < 1.29 is 9.72 Å². The number of hydrogen-bond donors (Lipinski definition) is 1. The second kappa shape index (κ2) is 6.41. The van der Waals surface area contributed by atoms with Gasteiger partial charge in [0.1, 0.15) is 5.56 Å². The lowest BCUT2D eigenvalue weighted by Crippen LogP contribution is -2.39. The van der Waals surface area contributed by atoms with Crippen LogP contribution in [0.4, 0.5) is 5.69 Å². The molecule has 1 aromatic rings. The van der Waals surface area contributed by atoms with Gasteiger partial charge in [0.05, 0.1) is 4.92 Å². The number of fused-ring (bicyclic) bond motifs is 2. The standard InChI is InChI=1S/C14H17N3O3.ClH/c18-14(12-3-1-2-4-13(12)17(19)20)16-8-7-10-5-6-11(9-16)15-10;/h1-4,10-11,15H,5-9H2;1H. The Kier molecular flexibility index (Phi) is 4.80. The highest BCUT2D eigenvalue weighted by Gasteiger charge is 2.33. The SMILES string of the molecule is Cl.O=C(c1ccccc1[N+](=O)[O-])N1CCC2CCC(C1)N2. The Labute approximate surface area is 129 Å². The highest BCUT2D eigenvalue weighted by atomic mass is 35.5. The maximum absolute atomic E-state index is 12.5. The van der Waals surface area contributed by atoms with Crippen LogP contribution in [0.1, 0.15) is 29.6 Å². The van der Waals surface area contributed by atoms with Gasteiger partial charge >= 0.3 is 0 Å². The van der Waals surface area contributed by atoms with Gasteiger partial charge in [0, 0.05) is 31.2 Å². The van der Waals surface area contributed by atoms with Gasteiger partial charge in [0.25, 0.3) is 11.6 Å². The summed E-state index contributed by atoms with van der Waals surface area (Å²) in [7, 11) is 0. The predicted molar refractivity (Wildman–Crippen MR) is 80.8 cm³/mol. The number of nitro benzene ring substituents is 1. The van der Waals surface area contributed by atoms with Crippen molar-refractivity contribution >= 4 is 24.0 Å². The molecule has 0 radical (unpaired) electrons. The molecule has 2 aliphatic heterocycles. The van der Waals surface area contributed by atoms with E-state index >= 15 is 0 Å². The molecule has 21 heavy (non-hydrogen) atoms. The van der Waals surface area contributed by atoms with Gasteiger partial charge in [-0.1, -0.05) is 12.1 Å². The van der Waals surface area contributed by atoms with Crippen molar-refractivity contribution in [2.75, 3.05) is 13.1 Å². The van der Waals surface area contributed by atoms with E-state index in [1.807, 2.05) is 0 Å². The summed E-state index contributed by atoms with van der Waals surface area (Å²) in [6.45, 7) is 1.31. The number of likely N-dealkylation sites (tertiary alicyclic amines) is 1. The lowest BCUT2D eigenvalue weighted by Gasteiger charge is -2.24. The molecule has 1 amide bonds. The van der Waals surface area contributed by atoms with Gasteiger partial charge in [-0.15, -0.1) is 12.4 Å². The number of halogens is 1. The van der Waals surface area contributed by atoms with E-state index in [1.54, 1.807) is 17.0 Å². The summed E-state index contributed by atoms with van der Waals surface area (Å²) in [6, 6.07) is 6.99. The molecule has 2 bridgehead atoms. The fraction of sp³-hybridized carbons (Fsp3) is 0.500. The molecule has 7 heteroatoms. The van der Waals surface area contributed by atoms with Crippen LogP contribution >= 0.6 is 12.4 Å². The molecule has 0 aliphatic carbocycles. The number of benzene rings is 1. The van der Waals surface area contributed by atoms with Crippen molar-refractivity contribution in [3.63, 3.8) is 0 Å². The number of nitro groups is 1. The molecule has 114 valence electrons. The summed E-state index contributed by atoms with van der Waals surface area (Å²) in [6.07, 6.45) is 3.16. The Morgan fingerprint density at radius 3 is 2.71 bits per heavy atom. The van der Waals surface area contributed by atoms with E-state index in [-0.39, 0.29) is 29.6 Å². The third kappa shape index (κ3) is 3.16. The van der Waals surface area contributed by atoms with Crippen LogP contribution in [-0.4, -0.2) is 40.9 Å². The third-order valence-electron chi connectivity index (χ3n) is 4.14. The second-order valence-electron chi connectivity index (χ2n) is 5.45. The van der Waals surface area contributed by atoms with Gasteiger partial charge < -0.3 is 10.2 Å². The average Bonchev–Trinajstić information content (AvgIpc) is 2.77. The summed E-state index contributed by atoms with van der Waals surface area (Å²) in [4.78, 5) is 24.8. The van der Waals surface area contributed by atoms with E-state index in [1.165, 1.54) is 12.1 Å². The molecule has 6 nitrogen and oxygen atoms in total. The molecule has 0 saturated carbocycles. The van der Waals surface area contributed by atoms with Crippen molar-refractivity contribution in [3.05, 3.63) is 39.9 Å². The second-order valence-corrected chi connectivity index (χ2v) is 5.45. The maximum Gasteiger partial charge on any atom is 0.282 e. The van der Waals surface area contributed by atoms with Crippen molar-refractivity contribution in [1.82, 2.24) is 10.2 Å². The third-order valence-corrected chi connectivity index (χ3v) is 4.14. The van der Waals surface area contributed by atoms with E-state index < -0.39 is 4.92 Å². The van der Waals surface area contributed by atoms with E-state index in [9.17, 15) is 14.9 Å². The number of amides is 1. The quantitative estimate of drug-likeness (QED) is 0.669. The minimum Gasteiger partial charge on any atom is -0.337 e. The van der Waals surface area contributed by atoms with E-state index in [2.05, 4.69) is 5.32 Å². The number of nitrogens with one attached hydrogen (secondary N) is 1. The molecular formula is C14H18ClN3O3. The van der Waals surface area contributed by atoms with E-state index in [0.29, 0.717) is 25.2 Å². The van der Waals surface area contributed by atoms with Crippen LogP contribution in [0.25, 0.3) is 0 Å². The molecule has 3 rings (SSSR count). The average molecular weight is 312 g/mol. The van der Waals surface area contributed by atoms with Crippen molar-refractivity contribution in [2.24, 2.45) is 0 Å². The summed E-state index contributed by atoms with van der Waals surface area (Å²) in [5, 5.41) is 14.5. The number of para-hydroxylation sites is 1. The fourth-order valence-electron chi connectivity index (χ4n) is 3.11. The molecule has 2 saturated heterocycles. The summed E-state index contributed by atoms with van der Waals surface area (Å²) in [5.41, 5.74) is 0.0788. The Morgan fingerprint density at radius 1 is 1.24 bits per heavy atom. The van der Waals surface area contributed by atoms with Crippen LogP contribution in [0, 0.1) is 10.1 Å². The van der Waals surface area contributed by atoms with Crippen LogP contribution < -0.4 is 5.32 Å². The Balaban J connectivity index is 0.00000161. The highest BCUT2D eigenvalue weighted by molar-refractivity contribution is 5.98. The summed E-state index contributed by atoms with van der Waals surface area (Å²) < 4.78 is 0. The van der Waals surface area contributed by atoms with E-state index in [4.69, 9.17) is 0 Å². The molecule has 1 N–H and O–H groups in total. The van der Waals surface area contributed by atoms with Crippen LogP contribution in [0.2, 0.25) is 0 Å². The fourth-order valence-corrected chi connectivity index (χ4v) is 3.11. The van der Waals surface area contributed by atoms with Gasteiger partial charge in [-0.25, -0.2) is 0 Å². The molecule has 0 spiro atoms. The van der Waals surface area contributed by atoms with Crippen LogP contribution in [-0.2, 0) is 0 Å².